The first-order chi connectivity index (χ1) is 6.21. The van der Waals surface area contributed by atoms with Crippen molar-refractivity contribution < 1.29 is 4.79 Å². The third-order valence-corrected chi connectivity index (χ3v) is 4.58. The minimum absolute atomic E-state index is 0.254. The Hall–Kier alpha value is -0.180. The zero-order chi connectivity index (χ0) is 9.31. The average Bonchev–Trinajstić information content (AvgIpc) is 2.54. The van der Waals surface area contributed by atoms with E-state index in [1.54, 1.807) is 0 Å². The zero-order valence-corrected chi connectivity index (χ0v) is 8.95. The van der Waals surface area contributed by atoms with Gasteiger partial charge in [0.2, 0.25) is 5.91 Å². The van der Waals surface area contributed by atoms with Gasteiger partial charge in [0.05, 0.1) is 0 Å². The first kappa shape index (κ1) is 9.38. The van der Waals surface area contributed by atoms with Crippen molar-refractivity contribution in [3.63, 3.8) is 0 Å². The molecule has 0 radical (unpaired) electrons. The van der Waals surface area contributed by atoms with Crippen molar-refractivity contribution >= 4 is 17.7 Å². The predicted molar refractivity (Wildman–Crippen MR) is 55.8 cm³/mol. The van der Waals surface area contributed by atoms with Crippen molar-refractivity contribution in [1.29, 1.82) is 0 Å². The number of nitrogens with one attached hydrogen (secondary N) is 1. The summed E-state index contributed by atoms with van der Waals surface area (Å²) < 4.78 is 0. The summed E-state index contributed by atoms with van der Waals surface area (Å²) in [5.74, 6) is 3.41. The molecule has 13 heavy (non-hydrogen) atoms. The van der Waals surface area contributed by atoms with Crippen LogP contribution in [0.2, 0.25) is 0 Å². The minimum atomic E-state index is 0.254. The van der Waals surface area contributed by atoms with Crippen LogP contribution >= 0.6 is 11.8 Å². The first-order valence-corrected chi connectivity index (χ1v) is 6.21. The van der Waals surface area contributed by atoms with Gasteiger partial charge in [-0.3, -0.25) is 4.79 Å². The monoisotopic (exact) mass is 199 g/mol. The van der Waals surface area contributed by atoms with Crippen LogP contribution in [0.4, 0.5) is 0 Å². The SMILES string of the molecule is CC1(C2CNC(=O)C2)CCSCC1. The Balaban J connectivity index is 2.01. The Kier molecular flexibility index (Phi) is 2.54. The third kappa shape index (κ3) is 1.85. The van der Waals surface area contributed by atoms with Crippen molar-refractivity contribution in [2.75, 3.05) is 18.1 Å². The number of hydrogen-bond acceptors (Lipinski definition) is 2. The smallest absolute Gasteiger partial charge is 0.220 e. The summed E-state index contributed by atoms with van der Waals surface area (Å²) in [5, 5.41) is 2.95. The van der Waals surface area contributed by atoms with Gasteiger partial charge in [-0.05, 0) is 35.7 Å². The maximum Gasteiger partial charge on any atom is 0.220 e. The van der Waals surface area contributed by atoms with Gasteiger partial charge in [0, 0.05) is 13.0 Å². The largest absolute Gasteiger partial charge is 0.356 e. The van der Waals surface area contributed by atoms with Crippen LogP contribution < -0.4 is 5.32 Å². The van der Waals surface area contributed by atoms with Gasteiger partial charge in [0.1, 0.15) is 0 Å². The molecule has 0 aromatic rings. The molecule has 0 aliphatic carbocycles. The molecule has 74 valence electrons. The summed E-state index contributed by atoms with van der Waals surface area (Å²) in [6.45, 7) is 3.28. The molecule has 1 N–H and O–H groups in total. The molecule has 1 unspecified atom stereocenters. The zero-order valence-electron chi connectivity index (χ0n) is 8.14. The van der Waals surface area contributed by atoms with Crippen LogP contribution in [0.1, 0.15) is 26.2 Å². The van der Waals surface area contributed by atoms with Gasteiger partial charge in [-0.15, -0.1) is 0 Å². The van der Waals surface area contributed by atoms with Gasteiger partial charge in [0.25, 0.3) is 0 Å². The highest BCUT2D eigenvalue weighted by Gasteiger charge is 2.39. The van der Waals surface area contributed by atoms with Crippen LogP contribution in [0.15, 0.2) is 0 Å². The molecule has 2 aliphatic rings. The Morgan fingerprint density at radius 3 is 2.69 bits per heavy atom. The fourth-order valence-electron chi connectivity index (χ4n) is 2.34. The summed E-state index contributed by atoms with van der Waals surface area (Å²) in [6, 6.07) is 0. The number of hydrogen-bond donors (Lipinski definition) is 1. The van der Waals surface area contributed by atoms with E-state index in [2.05, 4.69) is 24.0 Å². The molecule has 2 aliphatic heterocycles. The molecule has 0 spiro atoms. The lowest BCUT2D eigenvalue weighted by molar-refractivity contribution is -0.119. The van der Waals surface area contributed by atoms with Crippen LogP contribution in [0, 0.1) is 11.3 Å². The van der Waals surface area contributed by atoms with Crippen LogP contribution in [-0.2, 0) is 4.79 Å². The third-order valence-electron chi connectivity index (χ3n) is 3.60. The molecule has 1 atom stereocenters. The van der Waals surface area contributed by atoms with E-state index in [-0.39, 0.29) is 5.91 Å². The quantitative estimate of drug-likeness (QED) is 0.696. The highest BCUT2D eigenvalue weighted by atomic mass is 32.2. The maximum absolute atomic E-state index is 11.1. The second-order valence-corrected chi connectivity index (χ2v) is 5.70. The summed E-state index contributed by atoms with van der Waals surface area (Å²) >= 11 is 2.05. The molecule has 2 nitrogen and oxygen atoms in total. The van der Waals surface area contributed by atoms with Gasteiger partial charge in [-0.1, -0.05) is 6.92 Å². The fraction of sp³-hybridized carbons (Fsp3) is 0.900. The van der Waals surface area contributed by atoms with Gasteiger partial charge < -0.3 is 5.32 Å². The number of amides is 1. The Bertz CT molecular complexity index is 211. The molecule has 0 aromatic carbocycles. The van der Waals surface area contributed by atoms with E-state index in [9.17, 15) is 4.79 Å². The van der Waals surface area contributed by atoms with E-state index in [0.29, 0.717) is 11.3 Å². The molecule has 0 aromatic heterocycles. The number of carbonyl (C=O) groups excluding carboxylic acids is 1. The number of thioether (sulfide) groups is 1. The summed E-state index contributed by atoms with van der Waals surface area (Å²) in [5.41, 5.74) is 0.435. The van der Waals surface area contributed by atoms with Crippen LogP contribution in [0.3, 0.4) is 0 Å². The lowest BCUT2D eigenvalue weighted by Gasteiger charge is -2.37. The summed E-state index contributed by atoms with van der Waals surface area (Å²) in [4.78, 5) is 11.1. The molecule has 3 heteroatoms. The topological polar surface area (TPSA) is 29.1 Å². The number of rotatable bonds is 1. The second kappa shape index (κ2) is 3.52. The normalized spacial score (nSPS) is 33.0. The fourth-order valence-corrected chi connectivity index (χ4v) is 3.77. The average molecular weight is 199 g/mol. The molecule has 0 saturated carbocycles. The molecule has 1 amide bonds. The maximum atomic E-state index is 11.1. The standard InChI is InChI=1S/C10H17NOS/c1-10(2-4-13-5-3-10)8-6-9(12)11-7-8/h8H,2-7H2,1H3,(H,11,12). The van der Waals surface area contributed by atoms with Crippen LogP contribution in [-0.4, -0.2) is 24.0 Å². The van der Waals surface area contributed by atoms with Crippen LogP contribution in [0.25, 0.3) is 0 Å². The van der Waals surface area contributed by atoms with E-state index in [1.807, 2.05) is 0 Å². The summed E-state index contributed by atoms with van der Waals surface area (Å²) in [6.07, 6.45) is 3.34. The molecular formula is C10H17NOS. The Morgan fingerprint density at radius 2 is 2.15 bits per heavy atom. The van der Waals surface area contributed by atoms with E-state index in [1.165, 1.54) is 24.3 Å². The van der Waals surface area contributed by atoms with Gasteiger partial charge in [-0.25, -0.2) is 0 Å². The lowest BCUT2D eigenvalue weighted by Crippen LogP contribution is -2.32. The molecule has 2 heterocycles. The van der Waals surface area contributed by atoms with E-state index in [4.69, 9.17) is 0 Å². The molecule has 2 rings (SSSR count). The molecule has 2 saturated heterocycles. The van der Waals surface area contributed by atoms with Gasteiger partial charge in [-0.2, -0.15) is 11.8 Å². The Labute approximate surface area is 83.8 Å². The molecule has 0 bridgehead atoms. The Morgan fingerprint density at radius 1 is 1.46 bits per heavy atom. The lowest BCUT2D eigenvalue weighted by atomic mass is 9.72. The van der Waals surface area contributed by atoms with Crippen LogP contribution in [0.5, 0.6) is 0 Å². The summed E-state index contributed by atoms with van der Waals surface area (Å²) in [7, 11) is 0. The van der Waals surface area contributed by atoms with Crippen molar-refractivity contribution in [3.05, 3.63) is 0 Å². The first-order valence-electron chi connectivity index (χ1n) is 5.05. The van der Waals surface area contributed by atoms with Crippen molar-refractivity contribution in [1.82, 2.24) is 5.32 Å². The molecule has 2 fully saturated rings. The van der Waals surface area contributed by atoms with E-state index in [0.717, 1.165) is 13.0 Å². The number of carbonyl (C=O) groups is 1. The highest BCUT2D eigenvalue weighted by molar-refractivity contribution is 7.99. The molecular weight excluding hydrogens is 182 g/mol. The van der Waals surface area contributed by atoms with E-state index < -0.39 is 0 Å². The highest BCUT2D eigenvalue weighted by Crippen LogP contribution is 2.43. The van der Waals surface area contributed by atoms with Crippen molar-refractivity contribution in [2.24, 2.45) is 11.3 Å². The van der Waals surface area contributed by atoms with Crippen molar-refractivity contribution in [2.45, 2.75) is 26.2 Å². The van der Waals surface area contributed by atoms with Gasteiger partial charge >= 0.3 is 0 Å². The van der Waals surface area contributed by atoms with Gasteiger partial charge in [0.15, 0.2) is 0 Å². The second-order valence-electron chi connectivity index (χ2n) is 4.47. The van der Waals surface area contributed by atoms with Crippen molar-refractivity contribution in [3.8, 4) is 0 Å². The minimum Gasteiger partial charge on any atom is -0.356 e. The predicted octanol–water partition coefficient (Wildman–Crippen LogP) is 1.66. The van der Waals surface area contributed by atoms with E-state index >= 15 is 0 Å².